The van der Waals surface area contributed by atoms with Gasteiger partial charge in [0.25, 0.3) is 5.91 Å². The first-order valence-corrected chi connectivity index (χ1v) is 12.6. The number of amides is 1. The number of anilines is 1. The number of rotatable bonds is 6. The van der Waals surface area contributed by atoms with E-state index in [0.29, 0.717) is 32.9 Å². The van der Waals surface area contributed by atoms with Gasteiger partial charge in [0.15, 0.2) is 11.0 Å². The van der Waals surface area contributed by atoms with Gasteiger partial charge in [-0.15, -0.1) is 0 Å². The van der Waals surface area contributed by atoms with Gasteiger partial charge in [-0.3, -0.25) is 14.5 Å². The first-order valence-electron chi connectivity index (χ1n) is 10.6. The molecule has 2 aromatic carbocycles. The van der Waals surface area contributed by atoms with Gasteiger partial charge < -0.3 is 4.90 Å². The molecule has 1 amide bonds. The normalized spacial score (nSPS) is 19.2. The number of hydrogen-bond donors (Lipinski definition) is 0. The Bertz CT molecular complexity index is 1150. The fraction of sp³-hybridized carbons (Fsp3) is 0.292. The van der Waals surface area contributed by atoms with Crippen molar-refractivity contribution in [2.45, 2.75) is 38.5 Å². The van der Waals surface area contributed by atoms with Crippen molar-refractivity contribution in [3.05, 3.63) is 63.0 Å². The van der Waals surface area contributed by atoms with Crippen LogP contribution in [-0.4, -0.2) is 34.8 Å². The van der Waals surface area contributed by atoms with Crippen molar-refractivity contribution in [3.8, 4) is 0 Å². The minimum Gasteiger partial charge on any atom is -0.334 e. The van der Waals surface area contributed by atoms with E-state index >= 15 is 0 Å². The lowest BCUT2D eigenvalue weighted by atomic mass is 10.1. The Kier molecular flexibility index (Phi) is 6.98. The van der Waals surface area contributed by atoms with E-state index in [-0.39, 0.29) is 11.7 Å². The van der Waals surface area contributed by atoms with Crippen LogP contribution in [0.3, 0.4) is 0 Å². The molecule has 2 aromatic rings. The monoisotopic (exact) mass is 485 g/mol. The molecule has 1 saturated heterocycles. The Morgan fingerprint density at radius 1 is 1.09 bits per heavy atom. The predicted molar refractivity (Wildman–Crippen MR) is 135 cm³/mol. The van der Waals surface area contributed by atoms with Gasteiger partial charge in [-0.05, 0) is 62.4 Å². The predicted octanol–water partition coefficient (Wildman–Crippen LogP) is 6.71. The molecule has 0 unspecified atom stereocenters. The molecule has 0 atom stereocenters. The molecular formula is C24H24ClN3O2S2. The Morgan fingerprint density at radius 3 is 2.62 bits per heavy atom. The van der Waals surface area contributed by atoms with Crippen molar-refractivity contribution in [2.24, 2.45) is 4.99 Å². The van der Waals surface area contributed by atoms with Gasteiger partial charge in [0, 0.05) is 28.6 Å². The molecule has 0 saturated carbocycles. The Hall–Kier alpha value is -2.22. The third kappa shape index (κ3) is 4.47. The lowest BCUT2D eigenvalue weighted by Crippen LogP contribution is -2.30. The van der Waals surface area contributed by atoms with Crippen molar-refractivity contribution >= 4 is 63.4 Å². The zero-order valence-electron chi connectivity index (χ0n) is 18.2. The lowest BCUT2D eigenvalue weighted by molar-refractivity contribution is -0.122. The van der Waals surface area contributed by atoms with Crippen LogP contribution in [0.4, 0.5) is 11.4 Å². The highest BCUT2D eigenvalue weighted by atomic mass is 35.5. The van der Waals surface area contributed by atoms with E-state index in [4.69, 9.17) is 16.6 Å². The van der Waals surface area contributed by atoms with Crippen LogP contribution < -0.4 is 4.90 Å². The molecule has 0 aliphatic carbocycles. The number of carbonyl (C=O) groups is 2. The molecule has 0 N–H and O–H groups in total. The molecule has 0 bridgehead atoms. The molecule has 1 fully saturated rings. The fourth-order valence-electron chi connectivity index (χ4n) is 3.58. The number of fused-ring (bicyclic) bond motifs is 1. The van der Waals surface area contributed by atoms with Gasteiger partial charge in [-0.25, -0.2) is 4.99 Å². The number of benzene rings is 2. The third-order valence-corrected chi connectivity index (χ3v) is 7.86. The van der Waals surface area contributed by atoms with Crippen LogP contribution in [0.5, 0.6) is 0 Å². The van der Waals surface area contributed by atoms with Gasteiger partial charge in [0.05, 0.1) is 11.4 Å². The largest absolute Gasteiger partial charge is 0.334 e. The minimum atomic E-state index is -0.0234. The highest BCUT2D eigenvalue weighted by Crippen LogP contribution is 2.51. The zero-order valence-corrected chi connectivity index (χ0v) is 20.6. The quantitative estimate of drug-likeness (QED) is 0.336. The van der Waals surface area contributed by atoms with Crippen molar-refractivity contribution in [1.29, 1.82) is 0 Å². The summed E-state index contributed by atoms with van der Waals surface area (Å²) in [5.74, 6) is -0.0324. The number of nitrogens with zero attached hydrogens (tertiary/aromatic N) is 3. The molecule has 0 radical (unpaired) electrons. The second-order valence-electron chi connectivity index (χ2n) is 7.51. The number of unbranched alkanes of at least 4 members (excludes halogenated alkanes) is 1. The number of hydrogen-bond acceptors (Lipinski definition) is 6. The summed E-state index contributed by atoms with van der Waals surface area (Å²) < 4.78 is 0. The summed E-state index contributed by atoms with van der Waals surface area (Å²) in [6.45, 7) is 7.05. The molecular weight excluding hydrogens is 462 g/mol. The van der Waals surface area contributed by atoms with Crippen LogP contribution in [0.25, 0.3) is 0 Å². The van der Waals surface area contributed by atoms with Crippen LogP contribution in [-0.2, 0) is 4.79 Å². The molecule has 166 valence electrons. The highest BCUT2D eigenvalue weighted by Gasteiger charge is 2.39. The molecule has 32 heavy (non-hydrogen) atoms. The van der Waals surface area contributed by atoms with E-state index in [1.807, 2.05) is 30.3 Å². The van der Waals surface area contributed by atoms with Crippen molar-refractivity contribution in [2.75, 3.05) is 18.0 Å². The Morgan fingerprint density at radius 2 is 1.91 bits per heavy atom. The summed E-state index contributed by atoms with van der Waals surface area (Å²) in [5, 5.41) is 2.25. The van der Waals surface area contributed by atoms with Crippen molar-refractivity contribution < 1.29 is 9.59 Å². The Labute approximate surface area is 201 Å². The maximum atomic E-state index is 13.5. The summed E-state index contributed by atoms with van der Waals surface area (Å²) in [4.78, 5) is 35.7. The summed E-state index contributed by atoms with van der Waals surface area (Å²) >= 11 is 9.24. The second kappa shape index (κ2) is 9.73. The number of thioether (sulfide) groups is 2. The van der Waals surface area contributed by atoms with Crippen molar-refractivity contribution in [1.82, 2.24) is 4.90 Å². The second-order valence-corrected chi connectivity index (χ2v) is 9.95. The van der Waals surface area contributed by atoms with Gasteiger partial charge in [0.2, 0.25) is 0 Å². The maximum Gasteiger partial charge on any atom is 0.269 e. The zero-order chi connectivity index (χ0) is 22.8. The van der Waals surface area contributed by atoms with Crippen LogP contribution in [0.1, 0.15) is 44.0 Å². The summed E-state index contributed by atoms with van der Waals surface area (Å²) in [6.07, 6.45) is 1.87. The molecule has 2 heterocycles. The van der Waals surface area contributed by atoms with Crippen LogP contribution in [0.2, 0.25) is 5.02 Å². The fourth-order valence-corrected chi connectivity index (χ4v) is 6.14. The summed E-state index contributed by atoms with van der Waals surface area (Å²) in [7, 11) is 0. The average molecular weight is 486 g/mol. The van der Waals surface area contributed by atoms with E-state index < -0.39 is 0 Å². The molecule has 8 heteroatoms. The molecule has 2 aliphatic heterocycles. The van der Waals surface area contributed by atoms with Crippen LogP contribution in [0.15, 0.2) is 62.3 Å². The number of amidine groups is 1. The smallest absolute Gasteiger partial charge is 0.269 e. The van der Waals surface area contributed by atoms with E-state index in [0.717, 1.165) is 35.0 Å². The Balaban J connectivity index is 1.75. The van der Waals surface area contributed by atoms with Crippen LogP contribution >= 0.6 is 35.1 Å². The van der Waals surface area contributed by atoms with Gasteiger partial charge >= 0.3 is 0 Å². The average Bonchev–Trinajstić information content (AvgIpc) is 3.28. The summed E-state index contributed by atoms with van der Waals surface area (Å²) in [5.41, 5.74) is 2.30. The van der Waals surface area contributed by atoms with Crippen molar-refractivity contribution in [3.63, 3.8) is 0 Å². The van der Waals surface area contributed by atoms with Gasteiger partial charge in [-0.2, -0.15) is 0 Å². The summed E-state index contributed by atoms with van der Waals surface area (Å²) in [6, 6.07) is 13.0. The molecule has 0 aromatic heterocycles. The first-order chi connectivity index (χ1) is 15.4. The number of ketones is 1. The third-order valence-electron chi connectivity index (χ3n) is 5.25. The number of Topliss-reactive ketones (excluding diaryl/α,β-unsaturated/α-hetero) is 1. The maximum absolute atomic E-state index is 13.5. The highest BCUT2D eigenvalue weighted by molar-refractivity contribution is 8.19. The lowest BCUT2D eigenvalue weighted by Gasteiger charge is -2.19. The minimum absolute atomic E-state index is 0.00906. The standard InChI is InChI=1S/C24H24ClN3O2S2/c1-4-6-12-28-22(30)21(23-27(5-2)19-14-17(25)10-11-20(19)31-23)32-24(28)26-18-9-7-8-16(13-18)15(3)29/h7-11,13-14H,4-6,12H2,1-3H3. The van der Waals surface area contributed by atoms with Gasteiger partial charge in [-0.1, -0.05) is 48.8 Å². The van der Waals surface area contributed by atoms with E-state index in [1.165, 1.54) is 18.7 Å². The SMILES string of the molecule is CCCCN1C(=O)C(=C2Sc3ccc(Cl)cc3N2CC)SC1=Nc1cccc(C(C)=O)c1. The van der Waals surface area contributed by atoms with E-state index in [2.05, 4.69) is 18.7 Å². The molecule has 2 aliphatic rings. The molecule has 0 spiro atoms. The topological polar surface area (TPSA) is 53.0 Å². The van der Waals surface area contributed by atoms with Gasteiger partial charge in [0.1, 0.15) is 9.93 Å². The first kappa shape index (κ1) is 23.0. The number of aliphatic imine (C=N–C) groups is 1. The van der Waals surface area contributed by atoms with E-state index in [9.17, 15) is 9.59 Å². The molecule has 5 nitrogen and oxygen atoms in total. The number of carbonyl (C=O) groups excluding carboxylic acids is 2. The number of halogens is 1. The van der Waals surface area contributed by atoms with Crippen LogP contribution in [0, 0.1) is 0 Å². The molecule has 4 rings (SSSR count). The van der Waals surface area contributed by atoms with E-state index in [1.54, 1.807) is 28.8 Å².